The van der Waals surface area contributed by atoms with Gasteiger partial charge in [0.25, 0.3) is 0 Å². The Bertz CT molecular complexity index is 336. The fourth-order valence-corrected chi connectivity index (χ4v) is 3.67. The lowest BCUT2D eigenvalue weighted by Crippen LogP contribution is -2.33. The van der Waals surface area contributed by atoms with Gasteiger partial charge in [-0.3, -0.25) is 0 Å². The summed E-state index contributed by atoms with van der Waals surface area (Å²) in [6.45, 7) is 5.00. The summed E-state index contributed by atoms with van der Waals surface area (Å²) in [5, 5.41) is 6.60. The summed E-state index contributed by atoms with van der Waals surface area (Å²) < 4.78 is 5.60. The van der Waals surface area contributed by atoms with Crippen LogP contribution in [0.15, 0.2) is 11.4 Å². The van der Waals surface area contributed by atoms with Gasteiger partial charge in [0, 0.05) is 23.4 Å². The molecule has 0 saturated carbocycles. The van der Waals surface area contributed by atoms with Crippen molar-refractivity contribution in [3.63, 3.8) is 0 Å². The third kappa shape index (κ3) is 3.44. The molecule has 2 unspecified atom stereocenters. The first kappa shape index (κ1) is 13.3. The first-order valence-electron chi connectivity index (χ1n) is 6.37. The van der Waals surface area contributed by atoms with E-state index in [0.717, 1.165) is 37.6 Å². The van der Waals surface area contributed by atoms with Gasteiger partial charge in [-0.05, 0) is 37.3 Å². The lowest BCUT2D eigenvalue weighted by atomic mass is 9.92. The Morgan fingerprint density at radius 3 is 3.12 bits per heavy atom. The second kappa shape index (κ2) is 6.74. The third-order valence-electron chi connectivity index (χ3n) is 3.21. The Balaban J connectivity index is 2.09. The normalized spacial score (nSPS) is 22.6. The predicted octanol–water partition coefficient (Wildman–Crippen LogP) is 3.87. The molecule has 1 aromatic heterocycles. The fourth-order valence-electron chi connectivity index (χ4n) is 2.33. The molecule has 0 spiro atoms. The van der Waals surface area contributed by atoms with Gasteiger partial charge in [-0.15, -0.1) is 11.3 Å². The molecular weight excluding hydrogens is 254 g/mol. The summed E-state index contributed by atoms with van der Waals surface area (Å²) in [6.07, 6.45) is 3.54. The highest BCUT2D eigenvalue weighted by molar-refractivity contribution is 7.10. The van der Waals surface area contributed by atoms with Crippen molar-refractivity contribution in [3.8, 4) is 0 Å². The molecule has 1 saturated heterocycles. The van der Waals surface area contributed by atoms with Gasteiger partial charge in [0.05, 0.1) is 11.6 Å². The van der Waals surface area contributed by atoms with E-state index in [9.17, 15) is 0 Å². The standard InChI is InChI=1S/C13H20ClNOS/c1-2-6-15-12(10-4-3-7-16-9-10)13-11(14)5-8-17-13/h5,8,10,12,15H,2-4,6-7,9H2,1H3. The van der Waals surface area contributed by atoms with Crippen LogP contribution in [-0.4, -0.2) is 19.8 Å². The molecule has 96 valence electrons. The Labute approximate surface area is 112 Å². The van der Waals surface area contributed by atoms with Gasteiger partial charge >= 0.3 is 0 Å². The maximum absolute atomic E-state index is 6.26. The van der Waals surface area contributed by atoms with E-state index in [-0.39, 0.29) is 0 Å². The van der Waals surface area contributed by atoms with E-state index in [1.807, 2.05) is 6.07 Å². The average molecular weight is 274 g/mol. The monoisotopic (exact) mass is 273 g/mol. The molecule has 1 aliphatic heterocycles. The minimum Gasteiger partial charge on any atom is -0.381 e. The van der Waals surface area contributed by atoms with Gasteiger partial charge < -0.3 is 10.1 Å². The van der Waals surface area contributed by atoms with E-state index < -0.39 is 0 Å². The van der Waals surface area contributed by atoms with Crippen molar-refractivity contribution in [3.05, 3.63) is 21.3 Å². The molecule has 2 heterocycles. The van der Waals surface area contributed by atoms with Gasteiger partial charge in [-0.2, -0.15) is 0 Å². The van der Waals surface area contributed by atoms with Crippen LogP contribution in [0.4, 0.5) is 0 Å². The quantitative estimate of drug-likeness (QED) is 0.879. The number of rotatable bonds is 5. The highest BCUT2D eigenvalue weighted by Crippen LogP contribution is 2.36. The SMILES string of the molecule is CCCNC(c1sccc1Cl)C1CCCOC1. The minimum absolute atomic E-state index is 0.364. The zero-order chi connectivity index (χ0) is 12.1. The first-order valence-corrected chi connectivity index (χ1v) is 7.62. The predicted molar refractivity (Wildman–Crippen MR) is 73.9 cm³/mol. The Kier molecular flexibility index (Phi) is 5.29. The van der Waals surface area contributed by atoms with Crippen LogP contribution in [0.1, 0.15) is 37.1 Å². The molecule has 1 N–H and O–H groups in total. The third-order valence-corrected chi connectivity index (χ3v) is 4.65. The number of halogens is 1. The van der Waals surface area contributed by atoms with Crippen molar-refractivity contribution >= 4 is 22.9 Å². The van der Waals surface area contributed by atoms with Crippen LogP contribution >= 0.6 is 22.9 Å². The number of ether oxygens (including phenoxy) is 1. The lowest BCUT2D eigenvalue weighted by molar-refractivity contribution is 0.0396. The zero-order valence-electron chi connectivity index (χ0n) is 10.2. The highest BCUT2D eigenvalue weighted by Gasteiger charge is 2.27. The average Bonchev–Trinajstić information content (AvgIpc) is 2.78. The van der Waals surface area contributed by atoms with E-state index in [4.69, 9.17) is 16.3 Å². The summed E-state index contributed by atoms with van der Waals surface area (Å²) in [6, 6.07) is 2.36. The van der Waals surface area contributed by atoms with Crippen LogP contribution in [-0.2, 0) is 4.74 Å². The smallest absolute Gasteiger partial charge is 0.0561 e. The molecule has 0 aromatic carbocycles. The maximum Gasteiger partial charge on any atom is 0.0561 e. The molecule has 1 aromatic rings. The molecule has 0 bridgehead atoms. The van der Waals surface area contributed by atoms with Gasteiger partial charge in [-0.1, -0.05) is 18.5 Å². The van der Waals surface area contributed by atoms with Gasteiger partial charge in [0.15, 0.2) is 0 Å². The van der Waals surface area contributed by atoms with E-state index in [1.54, 1.807) is 11.3 Å². The largest absolute Gasteiger partial charge is 0.381 e. The van der Waals surface area contributed by atoms with Crippen LogP contribution in [0.3, 0.4) is 0 Å². The summed E-state index contributed by atoms with van der Waals surface area (Å²) in [4.78, 5) is 1.27. The maximum atomic E-state index is 6.26. The van der Waals surface area contributed by atoms with Gasteiger partial charge in [0.1, 0.15) is 0 Å². The van der Waals surface area contributed by atoms with Crippen LogP contribution < -0.4 is 5.32 Å². The lowest BCUT2D eigenvalue weighted by Gasteiger charge is -2.30. The molecule has 2 rings (SSSR count). The zero-order valence-corrected chi connectivity index (χ0v) is 11.8. The second-order valence-electron chi connectivity index (χ2n) is 4.54. The summed E-state index contributed by atoms with van der Waals surface area (Å²) in [7, 11) is 0. The van der Waals surface area contributed by atoms with E-state index >= 15 is 0 Å². The Morgan fingerprint density at radius 1 is 1.65 bits per heavy atom. The molecule has 0 aliphatic carbocycles. The highest BCUT2D eigenvalue weighted by atomic mass is 35.5. The molecule has 2 nitrogen and oxygen atoms in total. The second-order valence-corrected chi connectivity index (χ2v) is 5.90. The molecular formula is C13H20ClNOS. The summed E-state index contributed by atoms with van der Waals surface area (Å²) in [5.41, 5.74) is 0. The number of thiophene rings is 1. The minimum atomic E-state index is 0.364. The van der Waals surface area contributed by atoms with Crippen molar-refractivity contribution in [1.29, 1.82) is 0 Å². The van der Waals surface area contributed by atoms with Crippen molar-refractivity contribution in [2.45, 2.75) is 32.2 Å². The van der Waals surface area contributed by atoms with E-state index in [1.165, 1.54) is 11.3 Å². The molecule has 0 radical (unpaired) electrons. The molecule has 1 fully saturated rings. The van der Waals surface area contributed by atoms with E-state index in [0.29, 0.717) is 12.0 Å². The number of hydrogen-bond donors (Lipinski definition) is 1. The van der Waals surface area contributed by atoms with Crippen LogP contribution in [0.25, 0.3) is 0 Å². The Hall–Kier alpha value is -0.0900. The van der Waals surface area contributed by atoms with Crippen LogP contribution in [0, 0.1) is 5.92 Å². The van der Waals surface area contributed by atoms with Crippen molar-refractivity contribution < 1.29 is 4.74 Å². The van der Waals surface area contributed by atoms with E-state index in [2.05, 4.69) is 17.6 Å². The first-order chi connectivity index (χ1) is 8.33. The molecule has 0 amide bonds. The summed E-state index contributed by atoms with van der Waals surface area (Å²) >= 11 is 8.01. The topological polar surface area (TPSA) is 21.3 Å². The van der Waals surface area contributed by atoms with Crippen LogP contribution in [0.5, 0.6) is 0 Å². The Morgan fingerprint density at radius 2 is 2.53 bits per heavy atom. The van der Waals surface area contributed by atoms with Crippen molar-refractivity contribution in [2.75, 3.05) is 19.8 Å². The van der Waals surface area contributed by atoms with Gasteiger partial charge in [0.2, 0.25) is 0 Å². The molecule has 17 heavy (non-hydrogen) atoms. The molecule has 1 aliphatic rings. The number of nitrogens with one attached hydrogen (secondary N) is 1. The van der Waals surface area contributed by atoms with Crippen molar-refractivity contribution in [1.82, 2.24) is 5.32 Å². The molecule has 2 atom stereocenters. The summed E-state index contributed by atoms with van der Waals surface area (Å²) in [5.74, 6) is 0.562. The van der Waals surface area contributed by atoms with Crippen LogP contribution in [0.2, 0.25) is 5.02 Å². The fraction of sp³-hybridized carbons (Fsp3) is 0.692. The molecule has 4 heteroatoms. The number of hydrogen-bond acceptors (Lipinski definition) is 3. The van der Waals surface area contributed by atoms with Gasteiger partial charge in [-0.25, -0.2) is 0 Å². The van der Waals surface area contributed by atoms with Crippen molar-refractivity contribution in [2.24, 2.45) is 5.92 Å².